The van der Waals surface area contributed by atoms with Crippen LogP contribution >= 0.6 is 17.0 Å². The Morgan fingerprint density at radius 2 is 0.935 bits per heavy atom. The normalized spacial score (nSPS) is 18.2. The Morgan fingerprint density at radius 3 is 1.30 bits per heavy atom. The van der Waals surface area contributed by atoms with Crippen molar-refractivity contribution in [3.05, 3.63) is 129 Å². The van der Waals surface area contributed by atoms with Gasteiger partial charge in [0.05, 0.1) is 0 Å². The number of aryl methyl sites for hydroxylation is 2. The molecule has 4 heteroatoms. The van der Waals surface area contributed by atoms with Crippen molar-refractivity contribution in [3.63, 3.8) is 0 Å². The fourth-order valence-corrected chi connectivity index (χ4v) is 40.2. The standard InChI is InChI=1S/2C20H21.C2H7Si.2ClH.Zr/c2*1-3-8-15-13-17-10-7-12-19(20(17)14-15)18-11-6-5-9-16(18)4-2;1-3-2;;;/h2*5-7,9-14H,3-4,8H2,1-2H3;3H,1-2H3;2*1H;/q;;;;;+2/p-2. The van der Waals surface area contributed by atoms with Crippen LogP contribution in [-0.2, 0) is 28.4 Å². The van der Waals surface area contributed by atoms with Gasteiger partial charge in [-0.05, 0) is 0 Å². The van der Waals surface area contributed by atoms with Crippen LogP contribution in [0.25, 0.3) is 34.4 Å². The minimum atomic E-state index is -4.82. The predicted molar refractivity (Wildman–Crippen MR) is 204 cm³/mol. The molecule has 0 saturated carbocycles. The molecule has 0 radical (unpaired) electrons. The fraction of sp³-hybridized carbons (Fsp3) is 0.333. The van der Waals surface area contributed by atoms with Crippen LogP contribution in [-0.4, -0.2) is 5.92 Å². The van der Waals surface area contributed by atoms with Gasteiger partial charge >= 0.3 is 289 Å². The van der Waals surface area contributed by atoms with Gasteiger partial charge in [-0.25, -0.2) is 0 Å². The number of hydrogen-bond donors (Lipinski definition) is 0. The molecule has 239 valence electrons. The van der Waals surface area contributed by atoms with Crippen molar-refractivity contribution in [2.24, 2.45) is 0 Å². The maximum atomic E-state index is 8.73. The topological polar surface area (TPSA) is 0 Å². The van der Waals surface area contributed by atoms with E-state index in [4.69, 9.17) is 17.0 Å². The van der Waals surface area contributed by atoms with Crippen molar-refractivity contribution in [1.82, 2.24) is 0 Å². The number of rotatable bonds is 11. The van der Waals surface area contributed by atoms with Crippen LogP contribution in [0.3, 0.4) is 0 Å². The molecule has 2 atom stereocenters. The summed E-state index contributed by atoms with van der Waals surface area (Å²) in [6.45, 7) is 14.1. The third-order valence-corrected chi connectivity index (χ3v) is 62.8. The second kappa shape index (κ2) is 13.5. The first-order valence-corrected chi connectivity index (χ1v) is 33.9. The van der Waals surface area contributed by atoms with Gasteiger partial charge in [-0.15, -0.1) is 0 Å². The van der Waals surface area contributed by atoms with Crippen molar-refractivity contribution in [2.45, 2.75) is 86.6 Å². The molecular formula is C42H49Cl2SiZr. The minimum absolute atomic E-state index is 0.128. The van der Waals surface area contributed by atoms with Gasteiger partial charge in [-0.1, -0.05) is 0 Å². The van der Waals surface area contributed by atoms with Crippen LogP contribution in [0.1, 0.15) is 94.0 Å². The van der Waals surface area contributed by atoms with E-state index in [9.17, 15) is 0 Å². The Balaban J connectivity index is 1.61. The first kappa shape index (κ1) is 33.9. The van der Waals surface area contributed by atoms with Crippen molar-refractivity contribution in [2.75, 3.05) is 0 Å². The first-order chi connectivity index (χ1) is 22.2. The fourth-order valence-electron chi connectivity index (χ4n) is 8.73. The summed E-state index contributed by atoms with van der Waals surface area (Å²) < 4.78 is 0.255. The molecule has 4 aromatic rings. The molecule has 46 heavy (non-hydrogen) atoms. The second-order valence-electron chi connectivity index (χ2n) is 13.8. The molecule has 0 N–H and O–H groups in total. The Labute approximate surface area is 286 Å². The van der Waals surface area contributed by atoms with Crippen LogP contribution in [0.5, 0.6) is 0 Å². The molecule has 0 aromatic heterocycles. The summed E-state index contributed by atoms with van der Waals surface area (Å²) in [5.41, 5.74) is 16.6. The van der Waals surface area contributed by atoms with Crippen LogP contribution < -0.4 is 0 Å². The van der Waals surface area contributed by atoms with Gasteiger partial charge in [0.2, 0.25) is 0 Å². The zero-order valence-corrected chi connectivity index (χ0v) is 33.6. The zero-order chi connectivity index (χ0) is 32.7. The maximum absolute atomic E-state index is 8.73. The number of hydrogen-bond acceptors (Lipinski definition) is 0. The molecule has 0 saturated heterocycles. The molecule has 4 aromatic carbocycles. The molecule has 0 amide bonds. The summed E-state index contributed by atoms with van der Waals surface area (Å²) in [7, 11) is 17.5. The van der Waals surface area contributed by atoms with Gasteiger partial charge in [0.25, 0.3) is 0 Å². The van der Waals surface area contributed by atoms with Gasteiger partial charge in [0, 0.05) is 0 Å². The van der Waals surface area contributed by atoms with Gasteiger partial charge in [0.15, 0.2) is 0 Å². The van der Waals surface area contributed by atoms with E-state index >= 15 is 0 Å². The van der Waals surface area contributed by atoms with Gasteiger partial charge in [-0.3, -0.25) is 0 Å². The van der Waals surface area contributed by atoms with E-state index in [-0.39, 0.29) is 7.25 Å². The van der Waals surface area contributed by atoms with Gasteiger partial charge in [-0.2, -0.15) is 0 Å². The molecule has 2 aliphatic rings. The summed E-state index contributed by atoms with van der Waals surface area (Å²) in [6.07, 6.45) is 11.3. The number of fused-ring (bicyclic) bond motifs is 2. The third kappa shape index (κ3) is 5.44. The molecule has 0 nitrogen and oxygen atoms in total. The summed E-state index contributed by atoms with van der Waals surface area (Å²) in [5.74, 6) is -1.62. The van der Waals surface area contributed by atoms with Gasteiger partial charge < -0.3 is 0 Å². The van der Waals surface area contributed by atoms with E-state index in [0.29, 0.717) is 0 Å². The van der Waals surface area contributed by atoms with Crippen LogP contribution in [0, 0.1) is 0 Å². The molecule has 0 fully saturated rings. The average Bonchev–Trinajstić information content (AvgIpc) is 3.64. The summed E-state index contributed by atoms with van der Waals surface area (Å²) in [5, 5.41) is 0. The molecule has 6 rings (SSSR count). The van der Waals surface area contributed by atoms with Crippen molar-refractivity contribution in [1.29, 1.82) is 0 Å². The monoisotopic (exact) mass is 741 g/mol. The van der Waals surface area contributed by atoms with E-state index in [1.54, 1.807) is 0 Å². The molecule has 0 aliphatic heterocycles. The van der Waals surface area contributed by atoms with Crippen LogP contribution in [0.2, 0.25) is 13.1 Å². The molecule has 0 spiro atoms. The average molecular weight is 744 g/mol. The van der Waals surface area contributed by atoms with E-state index < -0.39 is 21.5 Å². The third-order valence-electron chi connectivity index (χ3n) is 11.0. The summed E-state index contributed by atoms with van der Waals surface area (Å²) in [6, 6.07) is 31.8. The van der Waals surface area contributed by atoms with Crippen molar-refractivity contribution in [3.8, 4) is 22.3 Å². The predicted octanol–water partition coefficient (Wildman–Crippen LogP) is 13.3. The SMILES string of the molecule is CCCC1=Cc2c(-c3ccccc3CC)cccc2[CH]1[Zr]([Cl])([Cl])([CH]1C(CCC)=Cc2c(-c3ccccc3CC)cccc21)[SiH](C)C. The second-order valence-corrected chi connectivity index (χ2v) is 56.3. The van der Waals surface area contributed by atoms with E-state index in [0.717, 1.165) is 38.5 Å². The van der Waals surface area contributed by atoms with Gasteiger partial charge in [0.1, 0.15) is 0 Å². The Morgan fingerprint density at radius 1 is 0.543 bits per heavy atom. The quantitative estimate of drug-likeness (QED) is 0.134. The molecule has 2 aliphatic carbocycles. The van der Waals surface area contributed by atoms with E-state index in [1.807, 2.05) is 0 Å². The van der Waals surface area contributed by atoms with E-state index in [1.165, 1.54) is 66.8 Å². The van der Waals surface area contributed by atoms with Crippen LogP contribution in [0.4, 0.5) is 0 Å². The number of halogens is 2. The Bertz CT molecular complexity index is 1700. The number of allylic oxidation sites excluding steroid dienone is 2. The van der Waals surface area contributed by atoms with Crippen molar-refractivity contribution >= 4 is 35.1 Å². The van der Waals surface area contributed by atoms with E-state index in [2.05, 4.69) is 138 Å². The molecule has 2 unspecified atom stereocenters. The summed E-state index contributed by atoms with van der Waals surface area (Å²) in [4.78, 5) is 0. The first-order valence-electron chi connectivity index (χ1n) is 17.6. The van der Waals surface area contributed by atoms with Crippen LogP contribution in [0.15, 0.2) is 96.1 Å². The summed E-state index contributed by atoms with van der Waals surface area (Å²) >= 11 is -4.82. The zero-order valence-electron chi connectivity index (χ0n) is 28.5. The molecule has 0 bridgehead atoms. The molecular weight excluding hydrogens is 695 g/mol. The Kier molecular flexibility index (Phi) is 9.96. The molecule has 0 heterocycles. The Hall–Kier alpha value is -1.96. The number of benzene rings is 4. The van der Waals surface area contributed by atoms with Crippen molar-refractivity contribution < 1.29 is 15.6 Å².